The lowest BCUT2D eigenvalue weighted by Gasteiger charge is -2.27. The highest BCUT2D eigenvalue weighted by Gasteiger charge is 2.10. The van der Waals surface area contributed by atoms with Gasteiger partial charge in [0.2, 0.25) is 0 Å². The van der Waals surface area contributed by atoms with Gasteiger partial charge >= 0.3 is 0 Å². The maximum atomic E-state index is 5.30. The normalized spacial score (nSPS) is 16.6. The van der Waals surface area contributed by atoms with E-state index in [1.165, 1.54) is 5.56 Å². The molecule has 0 bridgehead atoms. The minimum absolute atomic E-state index is 0.757. The summed E-state index contributed by atoms with van der Waals surface area (Å²) in [5, 5.41) is 2.18. The smallest absolute Gasteiger partial charge is 0.161 e. The van der Waals surface area contributed by atoms with E-state index in [4.69, 9.17) is 14.2 Å². The molecule has 0 amide bonds. The SMILES string of the molecule is COc1ccc(CNN2CCOCC2)cc1OC. The van der Waals surface area contributed by atoms with E-state index in [0.717, 1.165) is 44.3 Å². The van der Waals surface area contributed by atoms with Crippen molar-refractivity contribution < 1.29 is 14.2 Å². The van der Waals surface area contributed by atoms with E-state index in [9.17, 15) is 0 Å². The third-order valence-corrected chi connectivity index (χ3v) is 2.97. The van der Waals surface area contributed by atoms with Crippen molar-refractivity contribution >= 4 is 0 Å². The van der Waals surface area contributed by atoms with E-state index >= 15 is 0 Å². The highest BCUT2D eigenvalue weighted by molar-refractivity contribution is 5.42. The summed E-state index contributed by atoms with van der Waals surface area (Å²) in [5.41, 5.74) is 4.55. The summed E-state index contributed by atoms with van der Waals surface area (Å²) in [5.74, 6) is 1.52. The highest BCUT2D eigenvalue weighted by Crippen LogP contribution is 2.27. The predicted octanol–water partition coefficient (Wildman–Crippen LogP) is 1.04. The minimum Gasteiger partial charge on any atom is -0.493 e. The van der Waals surface area contributed by atoms with Gasteiger partial charge in [0.15, 0.2) is 11.5 Å². The number of methoxy groups -OCH3 is 2. The molecule has 0 aromatic heterocycles. The molecule has 0 radical (unpaired) electrons. The lowest BCUT2D eigenvalue weighted by Crippen LogP contribution is -2.45. The van der Waals surface area contributed by atoms with Gasteiger partial charge in [-0.25, -0.2) is 5.01 Å². The van der Waals surface area contributed by atoms with E-state index in [-0.39, 0.29) is 0 Å². The molecule has 0 atom stereocenters. The summed E-state index contributed by atoms with van der Waals surface area (Å²) >= 11 is 0. The lowest BCUT2D eigenvalue weighted by molar-refractivity contribution is 0.0105. The molecule has 5 heteroatoms. The number of hydrazine groups is 1. The first-order valence-corrected chi connectivity index (χ1v) is 6.10. The van der Waals surface area contributed by atoms with E-state index in [1.807, 2.05) is 18.2 Å². The molecule has 1 aliphatic rings. The second-order valence-corrected chi connectivity index (χ2v) is 4.12. The Hall–Kier alpha value is -1.30. The third-order valence-electron chi connectivity index (χ3n) is 2.97. The van der Waals surface area contributed by atoms with Gasteiger partial charge in [-0.3, -0.25) is 5.43 Å². The van der Waals surface area contributed by atoms with Crippen molar-refractivity contribution in [3.63, 3.8) is 0 Å². The van der Waals surface area contributed by atoms with Crippen LogP contribution >= 0.6 is 0 Å². The van der Waals surface area contributed by atoms with Gasteiger partial charge in [-0.05, 0) is 17.7 Å². The number of morpholine rings is 1. The maximum Gasteiger partial charge on any atom is 0.161 e. The fourth-order valence-electron chi connectivity index (χ4n) is 1.92. The molecule has 1 aromatic carbocycles. The lowest BCUT2D eigenvalue weighted by atomic mass is 10.2. The Kier molecular flexibility index (Phi) is 4.81. The van der Waals surface area contributed by atoms with Crippen LogP contribution in [-0.4, -0.2) is 45.5 Å². The molecule has 1 N–H and O–H groups in total. The number of nitrogens with zero attached hydrogens (tertiary/aromatic N) is 1. The quantitative estimate of drug-likeness (QED) is 0.848. The number of benzene rings is 1. The number of hydrogen-bond donors (Lipinski definition) is 1. The number of ether oxygens (including phenoxy) is 3. The molecule has 1 saturated heterocycles. The molecule has 18 heavy (non-hydrogen) atoms. The Morgan fingerprint density at radius 2 is 1.89 bits per heavy atom. The Morgan fingerprint density at radius 3 is 2.56 bits per heavy atom. The zero-order chi connectivity index (χ0) is 12.8. The van der Waals surface area contributed by atoms with Crippen molar-refractivity contribution in [1.29, 1.82) is 0 Å². The summed E-state index contributed by atoms with van der Waals surface area (Å²) in [6.07, 6.45) is 0. The largest absolute Gasteiger partial charge is 0.493 e. The molecule has 100 valence electrons. The van der Waals surface area contributed by atoms with Gasteiger partial charge in [0.25, 0.3) is 0 Å². The first kappa shape index (κ1) is 13.1. The average molecular weight is 252 g/mol. The van der Waals surface area contributed by atoms with Crippen molar-refractivity contribution in [2.75, 3.05) is 40.5 Å². The van der Waals surface area contributed by atoms with Crippen LogP contribution in [0.2, 0.25) is 0 Å². The van der Waals surface area contributed by atoms with Crippen LogP contribution in [0.1, 0.15) is 5.56 Å². The average Bonchev–Trinajstić information content (AvgIpc) is 2.45. The van der Waals surface area contributed by atoms with Gasteiger partial charge in [-0.2, -0.15) is 0 Å². The molecule has 1 aromatic rings. The Bertz CT molecular complexity index is 378. The number of nitrogens with one attached hydrogen (secondary N) is 1. The van der Waals surface area contributed by atoms with Crippen molar-refractivity contribution in [3.8, 4) is 11.5 Å². The Morgan fingerprint density at radius 1 is 1.17 bits per heavy atom. The number of hydrogen-bond acceptors (Lipinski definition) is 5. The Balaban J connectivity index is 1.92. The number of rotatable bonds is 5. The molecule has 2 rings (SSSR count). The van der Waals surface area contributed by atoms with Crippen LogP contribution in [0.5, 0.6) is 11.5 Å². The van der Waals surface area contributed by atoms with Crippen molar-refractivity contribution in [1.82, 2.24) is 10.4 Å². The monoisotopic (exact) mass is 252 g/mol. The van der Waals surface area contributed by atoms with Gasteiger partial charge in [0, 0.05) is 19.6 Å². The summed E-state index contributed by atoms with van der Waals surface area (Å²) < 4.78 is 15.8. The highest BCUT2D eigenvalue weighted by atomic mass is 16.5. The van der Waals surface area contributed by atoms with E-state index in [1.54, 1.807) is 14.2 Å². The molecular formula is C13H20N2O3. The third kappa shape index (κ3) is 3.35. The first-order chi connectivity index (χ1) is 8.83. The standard InChI is InChI=1S/C13H20N2O3/c1-16-12-4-3-11(9-13(12)17-2)10-14-15-5-7-18-8-6-15/h3-4,9,14H,5-8,10H2,1-2H3. The molecule has 0 unspecified atom stereocenters. The first-order valence-electron chi connectivity index (χ1n) is 6.10. The summed E-state index contributed by atoms with van der Waals surface area (Å²) in [7, 11) is 3.29. The van der Waals surface area contributed by atoms with Gasteiger partial charge < -0.3 is 14.2 Å². The molecule has 0 spiro atoms. The summed E-state index contributed by atoms with van der Waals surface area (Å²) in [6, 6.07) is 5.95. The molecule has 1 heterocycles. The van der Waals surface area contributed by atoms with E-state index in [2.05, 4.69) is 10.4 Å². The topological polar surface area (TPSA) is 43.0 Å². The van der Waals surface area contributed by atoms with Crippen molar-refractivity contribution in [3.05, 3.63) is 23.8 Å². The van der Waals surface area contributed by atoms with Gasteiger partial charge in [-0.1, -0.05) is 6.07 Å². The van der Waals surface area contributed by atoms with Crippen LogP contribution in [0.15, 0.2) is 18.2 Å². The van der Waals surface area contributed by atoms with Crippen LogP contribution in [0, 0.1) is 0 Å². The zero-order valence-electron chi connectivity index (χ0n) is 10.9. The van der Waals surface area contributed by atoms with Crippen LogP contribution in [-0.2, 0) is 11.3 Å². The van der Waals surface area contributed by atoms with Crippen LogP contribution < -0.4 is 14.9 Å². The molecule has 0 saturated carbocycles. The van der Waals surface area contributed by atoms with Crippen molar-refractivity contribution in [2.24, 2.45) is 0 Å². The van der Waals surface area contributed by atoms with Crippen LogP contribution in [0.4, 0.5) is 0 Å². The molecule has 1 aliphatic heterocycles. The molecule has 5 nitrogen and oxygen atoms in total. The second-order valence-electron chi connectivity index (χ2n) is 4.12. The predicted molar refractivity (Wildman–Crippen MR) is 68.8 cm³/mol. The maximum absolute atomic E-state index is 5.30. The zero-order valence-corrected chi connectivity index (χ0v) is 10.9. The molecular weight excluding hydrogens is 232 g/mol. The summed E-state index contributed by atoms with van der Waals surface area (Å²) in [4.78, 5) is 0. The molecule has 1 fully saturated rings. The van der Waals surface area contributed by atoms with E-state index in [0.29, 0.717) is 0 Å². The van der Waals surface area contributed by atoms with Gasteiger partial charge in [0.05, 0.1) is 27.4 Å². The summed E-state index contributed by atoms with van der Waals surface area (Å²) in [6.45, 7) is 4.21. The van der Waals surface area contributed by atoms with Gasteiger partial charge in [-0.15, -0.1) is 0 Å². The fourth-order valence-corrected chi connectivity index (χ4v) is 1.92. The minimum atomic E-state index is 0.757. The molecule has 0 aliphatic carbocycles. The van der Waals surface area contributed by atoms with Gasteiger partial charge in [0.1, 0.15) is 0 Å². The van der Waals surface area contributed by atoms with Crippen LogP contribution in [0.25, 0.3) is 0 Å². The van der Waals surface area contributed by atoms with E-state index < -0.39 is 0 Å². The van der Waals surface area contributed by atoms with Crippen molar-refractivity contribution in [2.45, 2.75) is 6.54 Å². The van der Waals surface area contributed by atoms with Crippen LogP contribution in [0.3, 0.4) is 0 Å². The Labute approximate surface area is 108 Å². The second kappa shape index (κ2) is 6.58. The fraction of sp³-hybridized carbons (Fsp3) is 0.538.